The molecule has 2 N–H and O–H groups in total. The molecule has 0 amide bonds. The Morgan fingerprint density at radius 1 is 1.21 bits per heavy atom. The second kappa shape index (κ2) is 6.13. The van der Waals surface area contributed by atoms with E-state index in [-0.39, 0.29) is 5.82 Å². The van der Waals surface area contributed by atoms with Crippen molar-refractivity contribution in [2.45, 2.75) is 20.3 Å². The van der Waals surface area contributed by atoms with Crippen LogP contribution in [0.4, 0.5) is 21.7 Å². The Morgan fingerprint density at radius 2 is 2.00 bits per heavy atom. The van der Waals surface area contributed by atoms with E-state index in [9.17, 15) is 4.39 Å². The molecule has 0 aliphatic carbocycles. The fourth-order valence-corrected chi connectivity index (χ4v) is 1.65. The van der Waals surface area contributed by atoms with Crippen LogP contribution in [0.3, 0.4) is 0 Å². The standard InChI is InChI=1S/C14H17FN4/c1-3-7-17-13-8-16-9-14(19-13)18-12-6-4-5-11(15)10(12)2/h4-6,8-9H,3,7H2,1-2H3,(H2,17,18,19). The van der Waals surface area contributed by atoms with Gasteiger partial charge in [-0.15, -0.1) is 0 Å². The fraction of sp³-hybridized carbons (Fsp3) is 0.286. The zero-order valence-corrected chi connectivity index (χ0v) is 11.1. The van der Waals surface area contributed by atoms with Gasteiger partial charge in [0.15, 0.2) is 5.82 Å². The molecule has 0 saturated carbocycles. The van der Waals surface area contributed by atoms with Gasteiger partial charge in [-0.3, -0.25) is 4.98 Å². The van der Waals surface area contributed by atoms with E-state index in [0.29, 0.717) is 22.9 Å². The minimum atomic E-state index is -0.238. The summed E-state index contributed by atoms with van der Waals surface area (Å²) in [4.78, 5) is 8.47. The Labute approximate surface area is 112 Å². The average molecular weight is 260 g/mol. The van der Waals surface area contributed by atoms with Gasteiger partial charge in [0, 0.05) is 17.8 Å². The van der Waals surface area contributed by atoms with E-state index in [0.717, 1.165) is 13.0 Å². The van der Waals surface area contributed by atoms with Crippen molar-refractivity contribution in [1.29, 1.82) is 0 Å². The maximum atomic E-state index is 13.4. The summed E-state index contributed by atoms with van der Waals surface area (Å²) < 4.78 is 13.4. The first-order valence-corrected chi connectivity index (χ1v) is 6.28. The molecule has 0 aliphatic heterocycles. The minimum absolute atomic E-state index is 0.238. The van der Waals surface area contributed by atoms with Crippen molar-refractivity contribution in [2.75, 3.05) is 17.2 Å². The van der Waals surface area contributed by atoms with Gasteiger partial charge in [0.05, 0.1) is 12.4 Å². The van der Waals surface area contributed by atoms with Crippen molar-refractivity contribution in [2.24, 2.45) is 0 Å². The van der Waals surface area contributed by atoms with Crippen LogP contribution in [0.25, 0.3) is 0 Å². The maximum Gasteiger partial charge on any atom is 0.151 e. The summed E-state index contributed by atoms with van der Waals surface area (Å²) in [5.74, 6) is 1.06. The molecule has 1 heterocycles. The number of halogens is 1. The molecule has 100 valence electrons. The van der Waals surface area contributed by atoms with E-state index in [1.807, 2.05) is 6.07 Å². The number of nitrogens with one attached hydrogen (secondary N) is 2. The fourth-order valence-electron chi connectivity index (χ4n) is 1.65. The normalized spacial score (nSPS) is 10.3. The molecule has 0 aliphatic rings. The quantitative estimate of drug-likeness (QED) is 0.864. The van der Waals surface area contributed by atoms with E-state index in [4.69, 9.17) is 0 Å². The van der Waals surface area contributed by atoms with E-state index in [1.165, 1.54) is 6.07 Å². The lowest BCUT2D eigenvalue weighted by Crippen LogP contribution is -2.04. The third-order valence-electron chi connectivity index (χ3n) is 2.72. The molecule has 0 saturated heterocycles. The summed E-state index contributed by atoms with van der Waals surface area (Å²) in [6.07, 6.45) is 4.29. The van der Waals surface area contributed by atoms with Crippen LogP contribution in [0.1, 0.15) is 18.9 Å². The van der Waals surface area contributed by atoms with Crippen LogP contribution in [0, 0.1) is 12.7 Å². The third-order valence-corrected chi connectivity index (χ3v) is 2.72. The summed E-state index contributed by atoms with van der Waals surface area (Å²) >= 11 is 0. The van der Waals surface area contributed by atoms with Crippen molar-refractivity contribution >= 4 is 17.3 Å². The zero-order valence-electron chi connectivity index (χ0n) is 11.1. The van der Waals surface area contributed by atoms with Crippen LogP contribution in [-0.2, 0) is 0 Å². The van der Waals surface area contributed by atoms with Gasteiger partial charge >= 0.3 is 0 Å². The van der Waals surface area contributed by atoms with Gasteiger partial charge < -0.3 is 10.6 Å². The molecule has 1 aromatic heterocycles. The Balaban J connectivity index is 2.16. The van der Waals surface area contributed by atoms with Gasteiger partial charge in [0.25, 0.3) is 0 Å². The Kier molecular flexibility index (Phi) is 4.28. The SMILES string of the molecule is CCCNc1cncc(Nc2cccc(F)c2C)n1. The van der Waals surface area contributed by atoms with Crippen molar-refractivity contribution in [3.8, 4) is 0 Å². The van der Waals surface area contributed by atoms with E-state index in [2.05, 4.69) is 27.5 Å². The number of rotatable bonds is 5. The number of hydrogen-bond donors (Lipinski definition) is 2. The summed E-state index contributed by atoms with van der Waals surface area (Å²) in [6.45, 7) is 4.65. The average Bonchev–Trinajstić information content (AvgIpc) is 2.42. The molecule has 19 heavy (non-hydrogen) atoms. The molecule has 4 nitrogen and oxygen atoms in total. The van der Waals surface area contributed by atoms with Crippen molar-refractivity contribution < 1.29 is 4.39 Å². The Bertz CT molecular complexity index is 557. The molecule has 1 aromatic carbocycles. The Hall–Kier alpha value is -2.17. The zero-order chi connectivity index (χ0) is 13.7. The Morgan fingerprint density at radius 3 is 2.79 bits per heavy atom. The minimum Gasteiger partial charge on any atom is -0.369 e. The third kappa shape index (κ3) is 3.40. The highest BCUT2D eigenvalue weighted by Crippen LogP contribution is 2.21. The van der Waals surface area contributed by atoms with Crippen LogP contribution < -0.4 is 10.6 Å². The molecule has 2 aromatic rings. The molecular weight excluding hydrogens is 243 g/mol. The predicted octanol–water partition coefficient (Wildman–Crippen LogP) is 3.49. The van der Waals surface area contributed by atoms with Gasteiger partial charge in [-0.05, 0) is 25.5 Å². The van der Waals surface area contributed by atoms with E-state index < -0.39 is 0 Å². The highest BCUT2D eigenvalue weighted by Gasteiger charge is 2.05. The predicted molar refractivity (Wildman–Crippen MR) is 75.2 cm³/mol. The van der Waals surface area contributed by atoms with Crippen LogP contribution in [0.5, 0.6) is 0 Å². The molecule has 0 fully saturated rings. The molecule has 2 rings (SSSR count). The van der Waals surface area contributed by atoms with Gasteiger partial charge in [0.2, 0.25) is 0 Å². The summed E-state index contributed by atoms with van der Waals surface area (Å²) in [7, 11) is 0. The first kappa shape index (κ1) is 13.3. The number of hydrogen-bond acceptors (Lipinski definition) is 4. The van der Waals surface area contributed by atoms with Gasteiger partial charge in [-0.1, -0.05) is 13.0 Å². The highest BCUT2D eigenvalue weighted by molar-refractivity contribution is 5.60. The lowest BCUT2D eigenvalue weighted by molar-refractivity contribution is 0.619. The molecule has 0 radical (unpaired) electrons. The largest absolute Gasteiger partial charge is 0.369 e. The molecule has 0 bridgehead atoms. The molecule has 0 unspecified atom stereocenters. The van der Waals surface area contributed by atoms with Crippen LogP contribution >= 0.6 is 0 Å². The second-order valence-corrected chi connectivity index (χ2v) is 4.25. The van der Waals surface area contributed by atoms with Crippen LogP contribution in [0.15, 0.2) is 30.6 Å². The smallest absolute Gasteiger partial charge is 0.151 e. The monoisotopic (exact) mass is 260 g/mol. The van der Waals surface area contributed by atoms with E-state index in [1.54, 1.807) is 25.4 Å². The second-order valence-electron chi connectivity index (χ2n) is 4.25. The number of anilines is 3. The van der Waals surface area contributed by atoms with Gasteiger partial charge in [0.1, 0.15) is 11.6 Å². The van der Waals surface area contributed by atoms with Gasteiger partial charge in [-0.25, -0.2) is 9.37 Å². The topological polar surface area (TPSA) is 49.8 Å². The first-order chi connectivity index (χ1) is 9.20. The summed E-state index contributed by atoms with van der Waals surface area (Å²) in [5, 5.41) is 6.24. The van der Waals surface area contributed by atoms with Gasteiger partial charge in [-0.2, -0.15) is 0 Å². The lowest BCUT2D eigenvalue weighted by Gasteiger charge is -2.10. The molecular formula is C14H17FN4. The maximum absolute atomic E-state index is 13.4. The van der Waals surface area contributed by atoms with Crippen molar-refractivity contribution in [1.82, 2.24) is 9.97 Å². The van der Waals surface area contributed by atoms with Crippen LogP contribution in [0.2, 0.25) is 0 Å². The van der Waals surface area contributed by atoms with Crippen LogP contribution in [-0.4, -0.2) is 16.5 Å². The number of benzene rings is 1. The van der Waals surface area contributed by atoms with Crippen molar-refractivity contribution in [3.63, 3.8) is 0 Å². The summed E-state index contributed by atoms with van der Waals surface area (Å²) in [5.41, 5.74) is 1.26. The number of aromatic nitrogens is 2. The molecule has 5 heteroatoms. The first-order valence-electron chi connectivity index (χ1n) is 6.28. The molecule has 0 atom stereocenters. The highest BCUT2D eigenvalue weighted by atomic mass is 19.1. The lowest BCUT2D eigenvalue weighted by atomic mass is 10.2. The van der Waals surface area contributed by atoms with Crippen molar-refractivity contribution in [3.05, 3.63) is 42.0 Å². The van der Waals surface area contributed by atoms with E-state index >= 15 is 0 Å². The summed E-state index contributed by atoms with van der Waals surface area (Å²) in [6, 6.07) is 4.91. The molecule has 0 spiro atoms. The number of nitrogens with zero attached hydrogens (tertiary/aromatic N) is 2.